The van der Waals surface area contributed by atoms with Crippen molar-refractivity contribution < 1.29 is 0 Å². The first-order chi connectivity index (χ1) is 41.2. The summed E-state index contributed by atoms with van der Waals surface area (Å²) in [4.78, 5) is 0. The normalized spacial score (nSPS) is 12.1. The molecule has 5 nitrogen and oxygen atoms in total. The first-order valence-corrected chi connectivity index (χ1v) is 28.6. The molecular formula is C78H49N5. The van der Waals surface area contributed by atoms with Gasteiger partial charge in [0.05, 0.1) is 72.2 Å². The van der Waals surface area contributed by atoms with E-state index in [-0.39, 0.29) is 0 Å². The van der Waals surface area contributed by atoms with Gasteiger partial charge in [0, 0.05) is 65.2 Å². The summed E-state index contributed by atoms with van der Waals surface area (Å²) in [7, 11) is 0. The Bertz CT molecular complexity index is 5390. The van der Waals surface area contributed by atoms with Gasteiger partial charge in [-0.15, -0.1) is 0 Å². The van der Waals surface area contributed by atoms with Crippen LogP contribution in [0.3, 0.4) is 0 Å². The third-order valence-corrected chi connectivity index (χ3v) is 17.7. The summed E-state index contributed by atoms with van der Waals surface area (Å²) >= 11 is 0. The molecule has 386 valence electrons. The molecule has 0 N–H and O–H groups in total. The largest absolute Gasteiger partial charge is 0.309 e. The Morgan fingerprint density at radius 3 is 0.795 bits per heavy atom. The van der Waals surface area contributed by atoms with Gasteiger partial charge in [-0.05, 0) is 131 Å². The number of rotatable bonds is 7. The Balaban J connectivity index is 0.778. The lowest BCUT2D eigenvalue weighted by molar-refractivity contribution is 1.10. The highest BCUT2D eigenvalue weighted by molar-refractivity contribution is 6.18. The molecule has 0 amide bonds. The van der Waals surface area contributed by atoms with Crippen molar-refractivity contribution in [3.8, 4) is 50.7 Å². The molecule has 0 aliphatic rings. The highest BCUT2D eigenvalue weighted by atomic mass is 15.0. The summed E-state index contributed by atoms with van der Waals surface area (Å²) < 4.78 is 12.2. The Hall–Kier alpha value is -11.1. The number of benzene rings is 13. The lowest BCUT2D eigenvalue weighted by atomic mass is 9.98. The third kappa shape index (κ3) is 6.70. The third-order valence-electron chi connectivity index (χ3n) is 17.7. The molecule has 13 aromatic carbocycles. The number of nitrogens with zero attached hydrogens (tertiary/aromatic N) is 5. The maximum absolute atomic E-state index is 2.49. The predicted molar refractivity (Wildman–Crippen MR) is 349 cm³/mol. The predicted octanol–water partition coefficient (Wildman–Crippen LogP) is 20.5. The SMILES string of the molecule is c1ccc2c(c1)c1ccccc1n2-c1ccc(-c2ccc(-n3c4ccccc4c4c(-c5ccc6c(c5)c5ccccc5n6-c5cc(-n6c7ccccc7c7ccccc76)cc(-n6c7ccccc7c7ccccc76)c5)cccc43)cc2)cc1. The molecule has 0 bridgehead atoms. The molecule has 5 heterocycles. The quantitative estimate of drug-likeness (QED) is 0.152. The first-order valence-electron chi connectivity index (χ1n) is 28.6. The van der Waals surface area contributed by atoms with Crippen LogP contribution in [0.25, 0.3) is 160 Å². The van der Waals surface area contributed by atoms with E-state index in [0.29, 0.717) is 0 Å². The minimum absolute atomic E-state index is 1.09. The Morgan fingerprint density at radius 2 is 0.422 bits per heavy atom. The minimum Gasteiger partial charge on any atom is -0.309 e. The second-order valence-corrected chi connectivity index (χ2v) is 22.0. The van der Waals surface area contributed by atoms with Crippen LogP contribution in [-0.4, -0.2) is 22.8 Å². The monoisotopic (exact) mass is 1060 g/mol. The number of para-hydroxylation sites is 8. The molecule has 0 aliphatic carbocycles. The fraction of sp³-hybridized carbons (Fsp3) is 0. The summed E-state index contributed by atoms with van der Waals surface area (Å²) in [5.74, 6) is 0. The molecule has 83 heavy (non-hydrogen) atoms. The maximum atomic E-state index is 2.49. The van der Waals surface area contributed by atoms with E-state index in [1.54, 1.807) is 0 Å². The summed E-state index contributed by atoms with van der Waals surface area (Å²) in [6, 6.07) is 110. The Morgan fingerprint density at radius 1 is 0.157 bits per heavy atom. The van der Waals surface area contributed by atoms with E-state index in [4.69, 9.17) is 0 Å². The van der Waals surface area contributed by atoms with Crippen molar-refractivity contribution >= 4 is 109 Å². The summed E-state index contributed by atoms with van der Waals surface area (Å²) in [6.07, 6.45) is 0. The fourth-order valence-electron chi connectivity index (χ4n) is 14.1. The molecule has 5 aromatic heterocycles. The van der Waals surface area contributed by atoms with E-state index in [1.165, 1.54) is 120 Å². The van der Waals surface area contributed by atoms with Gasteiger partial charge in [-0.2, -0.15) is 0 Å². The molecule has 0 saturated heterocycles. The van der Waals surface area contributed by atoms with Crippen molar-refractivity contribution in [1.82, 2.24) is 22.8 Å². The van der Waals surface area contributed by atoms with Crippen molar-refractivity contribution in [2.75, 3.05) is 0 Å². The van der Waals surface area contributed by atoms with Crippen molar-refractivity contribution in [2.24, 2.45) is 0 Å². The fourth-order valence-corrected chi connectivity index (χ4v) is 14.1. The minimum atomic E-state index is 1.09. The standard InChI is InChI=1S/C78H49N5/c1-9-27-68-59(18-1)60-19-2-10-28-69(60)79(68)53-41-36-50(37-42-53)51-38-43-54(44-39-51)80-75-34-16-8-25-66(75)78-58(26-17-35-77(78)80)52-40-45-76-67(46-52)65-24-7-15-33-74(65)83(76)57-48-55(81-70-29-11-3-20-61(70)62-21-4-12-30-71(62)81)47-56(49-57)82-72-31-13-5-22-63(72)64-23-6-14-32-73(64)82/h1-49H. The van der Waals surface area contributed by atoms with Crippen molar-refractivity contribution in [3.63, 3.8) is 0 Å². The van der Waals surface area contributed by atoms with E-state index in [9.17, 15) is 0 Å². The van der Waals surface area contributed by atoms with Crippen LogP contribution >= 0.6 is 0 Å². The second kappa shape index (κ2) is 17.7. The molecule has 0 fully saturated rings. The Kier molecular flexibility index (Phi) is 9.73. The van der Waals surface area contributed by atoms with Gasteiger partial charge in [-0.25, -0.2) is 0 Å². The van der Waals surface area contributed by atoms with Crippen LogP contribution in [0.1, 0.15) is 0 Å². The smallest absolute Gasteiger partial charge is 0.0547 e. The van der Waals surface area contributed by atoms with Gasteiger partial charge in [0.25, 0.3) is 0 Å². The summed E-state index contributed by atoms with van der Waals surface area (Å²) in [6.45, 7) is 0. The van der Waals surface area contributed by atoms with E-state index in [0.717, 1.165) is 39.5 Å². The molecule has 5 heteroatoms. The number of aromatic nitrogens is 5. The highest BCUT2D eigenvalue weighted by Crippen LogP contribution is 2.44. The van der Waals surface area contributed by atoms with Crippen molar-refractivity contribution in [2.45, 2.75) is 0 Å². The van der Waals surface area contributed by atoms with E-state index < -0.39 is 0 Å². The first kappa shape index (κ1) is 45.7. The average molecular weight is 1060 g/mol. The molecule has 0 atom stereocenters. The number of fused-ring (bicyclic) bond motifs is 15. The van der Waals surface area contributed by atoms with Gasteiger partial charge >= 0.3 is 0 Å². The van der Waals surface area contributed by atoms with Crippen LogP contribution in [0, 0.1) is 0 Å². The zero-order chi connectivity index (χ0) is 54.3. The number of hydrogen-bond acceptors (Lipinski definition) is 0. The van der Waals surface area contributed by atoms with Gasteiger partial charge in [-0.1, -0.05) is 188 Å². The van der Waals surface area contributed by atoms with E-state index in [1.807, 2.05) is 0 Å². The highest BCUT2D eigenvalue weighted by Gasteiger charge is 2.22. The molecule has 0 radical (unpaired) electrons. The van der Waals surface area contributed by atoms with Crippen molar-refractivity contribution in [3.05, 3.63) is 297 Å². The second-order valence-electron chi connectivity index (χ2n) is 22.0. The van der Waals surface area contributed by atoms with Crippen LogP contribution in [0.2, 0.25) is 0 Å². The molecule has 18 aromatic rings. The Labute approximate surface area is 477 Å². The maximum Gasteiger partial charge on any atom is 0.0547 e. The van der Waals surface area contributed by atoms with Crippen molar-refractivity contribution in [1.29, 1.82) is 0 Å². The topological polar surface area (TPSA) is 24.6 Å². The lowest BCUT2D eigenvalue weighted by Crippen LogP contribution is -2.03. The van der Waals surface area contributed by atoms with Gasteiger partial charge < -0.3 is 22.8 Å². The van der Waals surface area contributed by atoms with Gasteiger partial charge in [0.2, 0.25) is 0 Å². The molecule has 18 rings (SSSR count). The van der Waals surface area contributed by atoms with Gasteiger partial charge in [-0.3, -0.25) is 0 Å². The average Bonchev–Trinajstić information content (AvgIpc) is 4.47. The van der Waals surface area contributed by atoms with Gasteiger partial charge in [0.15, 0.2) is 0 Å². The zero-order valence-electron chi connectivity index (χ0n) is 45.0. The molecule has 0 unspecified atom stereocenters. The molecular weight excluding hydrogens is 1010 g/mol. The van der Waals surface area contributed by atoms with Crippen LogP contribution in [0.15, 0.2) is 297 Å². The molecule has 0 aliphatic heterocycles. The van der Waals surface area contributed by atoms with Crippen LogP contribution < -0.4 is 0 Å². The molecule has 0 spiro atoms. The van der Waals surface area contributed by atoms with Crippen LogP contribution in [0.4, 0.5) is 0 Å². The van der Waals surface area contributed by atoms with E-state index in [2.05, 4.69) is 320 Å². The molecule has 0 saturated carbocycles. The zero-order valence-corrected chi connectivity index (χ0v) is 45.0. The summed E-state index contributed by atoms with van der Waals surface area (Å²) in [5, 5.41) is 12.4. The van der Waals surface area contributed by atoms with Gasteiger partial charge in [0.1, 0.15) is 0 Å². The van der Waals surface area contributed by atoms with Crippen LogP contribution in [0.5, 0.6) is 0 Å². The van der Waals surface area contributed by atoms with E-state index >= 15 is 0 Å². The van der Waals surface area contributed by atoms with Crippen LogP contribution in [-0.2, 0) is 0 Å². The number of hydrogen-bond donors (Lipinski definition) is 0. The lowest BCUT2D eigenvalue weighted by Gasteiger charge is -2.17. The summed E-state index contributed by atoms with van der Waals surface area (Å²) in [5.41, 5.74) is 22.1.